The molecule has 4 saturated heterocycles. The molecular weight excluding hydrogens is 1340 g/mol. The summed E-state index contributed by atoms with van der Waals surface area (Å²) in [7, 11) is 2.59. The van der Waals surface area contributed by atoms with E-state index in [0.29, 0.717) is 33.6 Å². The zero-order valence-electron chi connectivity index (χ0n) is 57.2. The van der Waals surface area contributed by atoms with Gasteiger partial charge in [0.05, 0.1) is 53.4 Å². The summed E-state index contributed by atoms with van der Waals surface area (Å²) in [6.07, 6.45) is -28.3. The maximum absolute atomic E-state index is 14.8. The van der Waals surface area contributed by atoms with Crippen molar-refractivity contribution < 1.29 is 119 Å². The van der Waals surface area contributed by atoms with Crippen LogP contribution in [0.5, 0.6) is 5.75 Å². The van der Waals surface area contributed by atoms with E-state index in [-0.39, 0.29) is 33.0 Å². The molecule has 31 heteroatoms. The predicted molar refractivity (Wildman–Crippen MR) is 351 cm³/mol. The number of hydrogen-bond acceptors (Lipinski definition) is 27. The number of hydrogen-bond donors (Lipinski definition) is 0. The highest BCUT2D eigenvalue weighted by Crippen LogP contribution is 2.41. The van der Waals surface area contributed by atoms with Gasteiger partial charge in [-0.3, -0.25) is 24.0 Å². The maximum atomic E-state index is 14.8. The third-order valence-corrected chi connectivity index (χ3v) is 16.7. The van der Waals surface area contributed by atoms with Gasteiger partial charge < -0.3 is 90.0 Å². The molecule has 0 aromatic heterocycles. The lowest BCUT2D eigenvalue weighted by Crippen LogP contribution is -2.69. The van der Waals surface area contributed by atoms with E-state index in [9.17, 15) is 39.8 Å². The third kappa shape index (κ3) is 21.2. The van der Waals surface area contributed by atoms with Gasteiger partial charge >= 0.3 is 35.8 Å². The van der Waals surface area contributed by atoms with Gasteiger partial charge in [-0.15, -0.1) is 0 Å². The summed E-state index contributed by atoms with van der Waals surface area (Å²) in [6, 6.07) is 39.3. The number of rotatable bonds is 32. The minimum Gasteiger partial charge on any atom is -0.497 e. The molecule has 0 aliphatic carbocycles. The Kier molecular flexibility index (Phi) is 28.9. The van der Waals surface area contributed by atoms with Crippen LogP contribution in [0.4, 0.5) is 0 Å². The van der Waals surface area contributed by atoms with Gasteiger partial charge in [-0.1, -0.05) is 144 Å². The van der Waals surface area contributed by atoms with Gasteiger partial charge in [-0.05, 0) is 57.9 Å². The zero-order chi connectivity index (χ0) is 72.7. The van der Waals surface area contributed by atoms with Gasteiger partial charge in [-0.25, -0.2) is 4.79 Å². The van der Waals surface area contributed by atoms with Crippen LogP contribution in [-0.2, 0) is 147 Å². The molecule has 5 aromatic carbocycles. The molecule has 9 rings (SSSR count). The van der Waals surface area contributed by atoms with E-state index in [4.69, 9.17) is 90.0 Å². The van der Waals surface area contributed by atoms with Crippen molar-refractivity contribution in [3.8, 4) is 5.75 Å². The van der Waals surface area contributed by atoms with Crippen LogP contribution in [-0.4, -0.2) is 186 Å². The molecule has 5 aromatic rings. The van der Waals surface area contributed by atoms with E-state index in [2.05, 4.69) is 20.1 Å². The molecule has 4 aliphatic heterocycles. The first kappa shape index (κ1) is 77.0. The van der Waals surface area contributed by atoms with Crippen LogP contribution in [0, 0.1) is 0 Å². The van der Waals surface area contributed by atoms with Crippen LogP contribution in [0.3, 0.4) is 0 Å². The van der Waals surface area contributed by atoms with Gasteiger partial charge in [0, 0.05) is 44.4 Å². The van der Waals surface area contributed by atoms with Crippen molar-refractivity contribution >= 4 is 35.8 Å². The van der Waals surface area contributed by atoms with Crippen LogP contribution < -0.4 is 4.74 Å². The summed E-state index contributed by atoms with van der Waals surface area (Å²) in [5, 5.41) is 8.40. The van der Waals surface area contributed by atoms with Crippen LogP contribution in [0.25, 0.3) is 20.9 Å². The zero-order valence-corrected chi connectivity index (χ0v) is 57.2. The largest absolute Gasteiger partial charge is 0.497 e. The van der Waals surface area contributed by atoms with E-state index in [1.165, 1.54) is 14.0 Å². The van der Waals surface area contributed by atoms with Crippen molar-refractivity contribution in [2.45, 2.75) is 197 Å². The number of azide groups is 2. The second-order valence-corrected chi connectivity index (χ2v) is 24.0. The molecule has 4 fully saturated rings. The fourth-order valence-corrected chi connectivity index (χ4v) is 12.0. The minimum atomic E-state index is -2.00. The first-order valence-corrected chi connectivity index (χ1v) is 32.7. The Labute approximate surface area is 587 Å². The lowest BCUT2D eigenvalue weighted by molar-refractivity contribution is -0.376. The second kappa shape index (κ2) is 38.2. The highest BCUT2D eigenvalue weighted by Gasteiger charge is 2.60. The van der Waals surface area contributed by atoms with Crippen molar-refractivity contribution in [3.05, 3.63) is 194 Å². The van der Waals surface area contributed by atoms with Gasteiger partial charge in [-0.2, -0.15) is 0 Å². The Balaban J connectivity index is 1.14. The molecule has 0 radical (unpaired) electrons. The maximum Gasteiger partial charge on any atom is 0.337 e. The van der Waals surface area contributed by atoms with Crippen molar-refractivity contribution in [1.82, 2.24) is 0 Å². The quantitative estimate of drug-likeness (QED) is 0.0129. The summed E-state index contributed by atoms with van der Waals surface area (Å²) < 4.78 is 120. The third-order valence-electron chi connectivity index (χ3n) is 16.7. The Morgan fingerprint density at radius 1 is 0.392 bits per heavy atom. The van der Waals surface area contributed by atoms with Crippen molar-refractivity contribution in [2.75, 3.05) is 27.4 Å². The smallest absolute Gasteiger partial charge is 0.337 e. The van der Waals surface area contributed by atoms with Crippen LogP contribution in [0.15, 0.2) is 156 Å². The van der Waals surface area contributed by atoms with Crippen LogP contribution >= 0.6 is 0 Å². The Morgan fingerprint density at radius 2 is 0.765 bits per heavy atom. The topological polar surface area (TPSA) is 375 Å². The number of carbonyl (C=O) groups is 6. The molecule has 8 unspecified atom stereocenters. The van der Waals surface area contributed by atoms with E-state index in [1.807, 2.05) is 6.07 Å². The number of nitrogens with zero attached hydrogens (tertiary/aromatic N) is 6. The molecule has 0 spiro atoms. The fourth-order valence-electron chi connectivity index (χ4n) is 12.0. The van der Waals surface area contributed by atoms with Gasteiger partial charge in [0.1, 0.15) is 92.1 Å². The summed E-state index contributed by atoms with van der Waals surface area (Å²) >= 11 is 0. The molecule has 4 heterocycles. The van der Waals surface area contributed by atoms with Gasteiger partial charge in [0.25, 0.3) is 0 Å². The first-order valence-electron chi connectivity index (χ1n) is 32.7. The number of ether oxygens (including phenoxy) is 19. The second-order valence-electron chi connectivity index (χ2n) is 24.0. The average Bonchev–Trinajstić information content (AvgIpc) is 0.763. The van der Waals surface area contributed by atoms with Crippen molar-refractivity contribution in [3.63, 3.8) is 0 Å². The fraction of sp³-hybridized carbons (Fsp3) is 0.493. The van der Waals surface area contributed by atoms with E-state index in [1.54, 1.807) is 146 Å². The molecule has 20 atom stereocenters. The number of benzene rings is 5. The molecule has 0 saturated carbocycles. The Morgan fingerprint density at radius 3 is 1.18 bits per heavy atom. The number of esters is 6. The minimum absolute atomic E-state index is 0.0734. The normalized spacial score (nSPS) is 29.1. The Bertz CT molecular complexity index is 3620. The number of carbonyl (C=O) groups excluding carboxylic acids is 6. The highest BCUT2D eigenvalue weighted by molar-refractivity contribution is 5.76. The lowest BCUT2D eigenvalue weighted by Gasteiger charge is -2.51. The SMILES string of the molecule is COC(=O)C1O[C@@H](O[C@@H]2C(COC(C)=O)O[C@H](O[C@@H]3C(C)O[C@@H](OC(C)=O)C(OC(C)=O)[C@@H]3OCc3ccccc3)C(N=[N+]=[N-])[C@H]2OCc2ccccc2)C(OC(C)=O)[C@@H](OCc2ccccc2)[C@@H]1O[C@H]1OC(COC(C)=O)[C@H](OCc2ccc(OC)cc2)[C@@H](OCc2ccccc2)C1N=[N+]=[N-]. The monoisotopic (exact) mass is 1420 g/mol. The predicted octanol–water partition coefficient (Wildman–Crippen LogP) is 8.08. The first-order chi connectivity index (χ1) is 49.3. The van der Waals surface area contributed by atoms with Gasteiger partial charge in [0.15, 0.2) is 37.2 Å². The molecule has 0 bridgehead atoms. The molecule has 102 heavy (non-hydrogen) atoms. The summed E-state index contributed by atoms with van der Waals surface area (Å²) in [5.74, 6) is -4.57. The summed E-state index contributed by atoms with van der Waals surface area (Å²) in [6.45, 7) is 5.31. The van der Waals surface area contributed by atoms with Crippen LogP contribution in [0.2, 0.25) is 0 Å². The van der Waals surface area contributed by atoms with E-state index >= 15 is 0 Å². The highest BCUT2D eigenvalue weighted by atomic mass is 16.8. The molecule has 31 nitrogen and oxygen atoms in total. The standard InChI is InChI=1S/C71H82N6O25/c1-40-56(61(91-35-48-25-17-11-18-26-48)65(94-43(4)80)70(93-40)96-45(6)82)99-68-55(75-77-73)60(90-34-47-23-15-10-16-24-47)58(53(98-68)39-87-42(3)79)100-71-66(95-44(5)81)62(92-36-49-27-19-12-20-28-49)63(64(102-71)67(83)85-8)101-69-54(74-76-72)59(89-33-46-21-13-9-14-22-46)57(52(97-69)38-86-41(2)78)88-37-50-29-31-51(84-7)32-30-50/h9-32,40,52-66,68-71H,33-39H2,1-8H3/t40?,52?,53?,54?,55?,56-,57+,58-,59+,60-,61-,62+,63+,64?,65?,66?,68-,69-,70+,71-/m1/s1. The lowest BCUT2D eigenvalue weighted by atomic mass is 9.93. The molecule has 0 N–H and O–H groups in total. The number of methoxy groups -OCH3 is 2. The van der Waals surface area contributed by atoms with E-state index in [0.717, 1.165) is 34.8 Å². The molecule has 546 valence electrons. The molecular formula is C71H82N6O25. The molecule has 4 aliphatic rings. The van der Waals surface area contributed by atoms with Crippen LogP contribution in [0.1, 0.15) is 69.4 Å². The Hall–Kier alpha value is -9.14. The van der Waals surface area contributed by atoms with Crippen molar-refractivity contribution in [1.29, 1.82) is 0 Å². The molecule has 0 amide bonds. The average molecular weight is 1420 g/mol. The van der Waals surface area contributed by atoms with E-state index < -0.39 is 172 Å². The summed E-state index contributed by atoms with van der Waals surface area (Å²) in [5.41, 5.74) is 24.3. The van der Waals surface area contributed by atoms with Crippen molar-refractivity contribution in [2.24, 2.45) is 10.2 Å². The van der Waals surface area contributed by atoms with Gasteiger partial charge in [0.2, 0.25) is 6.29 Å². The summed E-state index contributed by atoms with van der Waals surface area (Å²) in [4.78, 5) is 86.3.